The summed E-state index contributed by atoms with van der Waals surface area (Å²) in [6.07, 6.45) is -1.18. The largest absolute Gasteiger partial charge is 0.416 e. The fourth-order valence-electron chi connectivity index (χ4n) is 3.03. The number of hydrogen-bond donors (Lipinski definition) is 1. The number of carbonyl (C=O) groups excluding carboxylic acids is 1. The predicted molar refractivity (Wildman–Crippen MR) is 95.6 cm³/mol. The Morgan fingerprint density at radius 3 is 2.69 bits per heavy atom. The first-order valence-corrected chi connectivity index (χ1v) is 8.28. The van der Waals surface area contributed by atoms with Gasteiger partial charge in [-0.1, -0.05) is 24.3 Å². The van der Waals surface area contributed by atoms with Gasteiger partial charge in [-0.3, -0.25) is 4.79 Å². The highest BCUT2D eigenvalue weighted by molar-refractivity contribution is 6.02. The van der Waals surface area contributed by atoms with Crippen molar-refractivity contribution in [1.82, 2.24) is 4.90 Å². The number of alkyl halides is 3. The lowest BCUT2D eigenvalue weighted by Gasteiger charge is -2.25. The van der Waals surface area contributed by atoms with E-state index in [0.29, 0.717) is 5.69 Å². The molecule has 2 aromatic carbocycles. The lowest BCUT2D eigenvalue weighted by Crippen LogP contribution is -2.26. The highest BCUT2D eigenvalue weighted by Gasteiger charge is 2.32. The quantitative estimate of drug-likeness (QED) is 0.826. The van der Waals surface area contributed by atoms with Gasteiger partial charge in [-0.2, -0.15) is 13.2 Å². The third-order valence-electron chi connectivity index (χ3n) is 4.36. The smallest absolute Gasteiger partial charge is 0.323 e. The maximum atomic E-state index is 13.0. The van der Waals surface area contributed by atoms with Crippen LogP contribution in [-0.2, 0) is 23.9 Å². The Balaban J connectivity index is 1.72. The molecule has 0 bridgehead atoms. The summed E-state index contributed by atoms with van der Waals surface area (Å²) in [5.41, 5.74) is 2.25. The van der Waals surface area contributed by atoms with Crippen LogP contribution in [0.5, 0.6) is 0 Å². The normalized spacial score (nSPS) is 15.1. The summed E-state index contributed by atoms with van der Waals surface area (Å²) in [5.74, 6) is -0.467. The standard InChI is InChI=1S/C20H19F3N2O/c1-25-11-10-14-6-8-17(12-16(14)13-25)24-19(26)9-7-15-4-2-3-5-18(15)20(21,22)23/h2-9,12H,10-11,13H2,1H3,(H,24,26). The molecule has 1 aliphatic heterocycles. The van der Waals surface area contributed by atoms with E-state index in [9.17, 15) is 18.0 Å². The Labute approximate surface area is 150 Å². The van der Waals surface area contributed by atoms with Crippen molar-refractivity contribution in [3.8, 4) is 0 Å². The summed E-state index contributed by atoms with van der Waals surface area (Å²) < 4.78 is 38.9. The number of carbonyl (C=O) groups is 1. The summed E-state index contributed by atoms with van der Waals surface area (Å²) >= 11 is 0. The van der Waals surface area contributed by atoms with Gasteiger partial charge in [-0.15, -0.1) is 0 Å². The third-order valence-corrected chi connectivity index (χ3v) is 4.36. The fraction of sp³-hybridized carbons (Fsp3) is 0.250. The van der Waals surface area contributed by atoms with Crippen LogP contribution in [0, 0.1) is 0 Å². The fourth-order valence-corrected chi connectivity index (χ4v) is 3.03. The molecule has 0 aromatic heterocycles. The lowest BCUT2D eigenvalue weighted by atomic mass is 9.99. The lowest BCUT2D eigenvalue weighted by molar-refractivity contribution is -0.137. The number of anilines is 1. The van der Waals surface area contributed by atoms with Crippen molar-refractivity contribution in [2.75, 3.05) is 18.9 Å². The number of benzene rings is 2. The van der Waals surface area contributed by atoms with E-state index in [1.54, 1.807) is 0 Å². The highest BCUT2D eigenvalue weighted by Crippen LogP contribution is 2.32. The molecule has 1 amide bonds. The molecule has 0 unspecified atom stereocenters. The van der Waals surface area contributed by atoms with Gasteiger partial charge in [0, 0.05) is 24.9 Å². The molecular formula is C20H19F3N2O. The molecule has 26 heavy (non-hydrogen) atoms. The topological polar surface area (TPSA) is 32.3 Å². The molecule has 1 heterocycles. The number of halogens is 3. The number of nitrogens with one attached hydrogen (secondary N) is 1. The second-order valence-corrected chi connectivity index (χ2v) is 6.38. The SMILES string of the molecule is CN1CCc2ccc(NC(=O)C=Cc3ccccc3C(F)(F)F)cc2C1. The molecule has 0 spiro atoms. The zero-order valence-electron chi connectivity index (χ0n) is 14.3. The van der Waals surface area contributed by atoms with Crippen LogP contribution in [0.2, 0.25) is 0 Å². The van der Waals surface area contributed by atoms with Crippen molar-refractivity contribution < 1.29 is 18.0 Å². The number of nitrogens with zero attached hydrogens (tertiary/aromatic N) is 1. The van der Waals surface area contributed by atoms with Gasteiger partial charge < -0.3 is 10.2 Å². The maximum absolute atomic E-state index is 13.0. The Kier molecular flexibility index (Phi) is 5.13. The van der Waals surface area contributed by atoms with E-state index in [4.69, 9.17) is 0 Å². The first-order chi connectivity index (χ1) is 12.3. The summed E-state index contributed by atoms with van der Waals surface area (Å²) in [5, 5.41) is 2.71. The Morgan fingerprint density at radius 1 is 1.15 bits per heavy atom. The Morgan fingerprint density at radius 2 is 1.92 bits per heavy atom. The third kappa shape index (κ3) is 4.32. The summed E-state index contributed by atoms with van der Waals surface area (Å²) in [4.78, 5) is 14.3. The van der Waals surface area contributed by atoms with Gasteiger partial charge in [-0.05, 0) is 54.4 Å². The zero-order valence-corrected chi connectivity index (χ0v) is 14.3. The van der Waals surface area contributed by atoms with Crippen LogP contribution < -0.4 is 5.32 Å². The van der Waals surface area contributed by atoms with Crippen molar-refractivity contribution >= 4 is 17.7 Å². The van der Waals surface area contributed by atoms with Gasteiger partial charge in [-0.25, -0.2) is 0 Å². The van der Waals surface area contributed by atoms with Gasteiger partial charge in [0.1, 0.15) is 0 Å². The predicted octanol–water partition coefficient (Wildman–Crippen LogP) is 4.35. The first kappa shape index (κ1) is 18.2. The molecule has 0 atom stereocenters. The van der Waals surface area contributed by atoms with Crippen LogP contribution in [-0.4, -0.2) is 24.4 Å². The molecule has 1 N–H and O–H groups in total. The van der Waals surface area contributed by atoms with E-state index >= 15 is 0 Å². The van der Waals surface area contributed by atoms with E-state index in [0.717, 1.165) is 37.2 Å². The number of hydrogen-bond acceptors (Lipinski definition) is 2. The minimum Gasteiger partial charge on any atom is -0.323 e. The molecule has 0 radical (unpaired) electrons. The van der Waals surface area contributed by atoms with Crippen molar-refractivity contribution in [1.29, 1.82) is 0 Å². The minimum absolute atomic E-state index is 0.0396. The monoisotopic (exact) mass is 360 g/mol. The Hall–Kier alpha value is -2.60. The molecular weight excluding hydrogens is 341 g/mol. The van der Waals surface area contributed by atoms with Gasteiger partial charge in [0.25, 0.3) is 0 Å². The van der Waals surface area contributed by atoms with Gasteiger partial charge >= 0.3 is 6.18 Å². The van der Waals surface area contributed by atoms with Gasteiger partial charge in [0.05, 0.1) is 5.56 Å². The van der Waals surface area contributed by atoms with Crippen LogP contribution in [0.15, 0.2) is 48.5 Å². The molecule has 136 valence electrons. The maximum Gasteiger partial charge on any atom is 0.416 e. The highest BCUT2D eigenvalue weighted by atomic mass is 19.4. The van der Waals surface area contributed by atoms with Gasteiger partial charge in [0.2, 0.25) is 5.91 Å². The Bertz CT molecular complexity index is 843. The number of rotatable bonds is 3. The molecule has 2 aromatic rings. The molecule has 3 nitrogen and oxygen atoms in total. The first-order valence-electron chi connectivity index (χ1n) is 8.28. The van der Waals surface area contributed by atoms with Crippen LogP contribution >= 0.6 is 0 Å². The minimum atomic E-state index is -4.46. The van der Waals surface area contributed by atoms with E-state index in [1.807, 2.05) is 25.2 Å². The average molecular weight is 360 g/mol. The zero-order chi connectivity index (χ0) is 18.7. The average Bonchev–Trinajstić information content (AvgIpc) is 2.59. The molecule has 0 fully saturated rings. The molecule has 0 saturated heterocycles. The second-order valence-electron chi connectivity index (χ2n) is 6.38. The molecule has 6 heteroatoms. The van der Waals surface area contributed by atoms with Crippen molar-refractivity contribution in [2.24, 2.45) is 0 Å². The van der Waals surface area contributed by atoms with Crippen LogP contribution in [0.25, 0.3) is 6.08 Å². The molecule has 0 aliphatic carbocycles. The molecule has 0 saturated carbocycles. The van der Waals surface area contributed by atoms with E-state index in [2.05, 4.69) is 10.2 Å². The number of likely N-dealkylation sites (N-methyl/N-ethyl adjacent to an activating group) is 1. The van der Waals surface area contributed by atoms with Crippen LogP contribution in [0.3, 0.4) is 0 Å². The van der Waals surface area contributed by atoms with Crippen molar-refractivity contribution in [3.63, 3.8) is 0 Å². The van der Waals surface area contributed by atoms with Crippen molar-refractivity contribution in [2.45, 2.75) is 19.1 Å². The number of fused-ring (bicyclic) bond motifs is 1. The summed E-state index contributed by atoms with van der Waals surface area (Å²) in [7, 11) is 2.04. The molecule has 3 rings (SSSR count). The second kappa shape index (κ2) is 7.33. The van der Waals surface area contributed by atoms with Gasteiger partial charge in [0.15, 0.2) is 0 Å². The van der Waals surface area contributed by atoms with E-state index in [1.165, 1.54) is 29.8 Å². The van der Waals surface area contributed by atoms with E-state index < -0.39 is 17.6 Å². The van der Waals surface area contributed by atoms with Crippen LogP contribution in [0.1, 0.15) is 22.3 Å². The van der Waals surface area contributed by atoms with Crippen LogP contribution in [0.4, 0.5) is 18.9 Å². The van der Waals surface area contributed by atoms with E-state index in [-0.39, 0.29) is 5.56 Å². The summed E-state index contributed by atoms with van der Waals surface area (Å²) in [6.45, 7) is 1.81. The molecule has 1 aliphatic rings. The number of amides is 1. The van der Waals surface area contributed by atoms with Crippen molar-refractivity contribution in [3.05, 3.63) is 70.8 Å². The summed E-state index contributed by atoms with van der Waals surface area (Å²) in [6, 6.07) is 10.9.